The Balaban J connectivity index is 2.18. The van der Waals surface area contributed by atoms with E-state index in [1.54, 1.807) is 25.1 Å². The molecule has 2 N–H and O–H groups in total. The molecule has 0 bridgehead atoms. The van der Waals surface area contributed by atoms with Gasteiger partial charge in [-0.3, -0.25) is 15.5 Å². The lowest BCUT2D eigenvalue weighted by Gasteiger charge is -2.05. The summed E-state index contributed by atoms with van der Waals surface area (Å²) in [5.41, 5.74) is 4.41. The van der Waals surface area contributed by atoms with E-state index in [2.05, 4.69) is 10.5 Å². The van der Waals surface area contributed by atoms with Crippen molar-refractivity contribution in [2.75, 3.05) is 5.43 Å². The van der Waals surface area contributed by atoms with E-state index in [9.17, 15) is 14.9 Å². The molecule has 118 valence electrons. The number of carboxylic acid groups (broad SMARTS) is 1. The Bertz CT molecular complexity index is 788. The zero-order valence-corrected chi connectivity index (χ0v) is 12.7. The summed E-state index contributed by atoms with van der Waals surface area (Å²) in [5, 5.41) is 23.9. The number of carboxylic acids is 1. The summed E-state index contributed by atoms with van der Waals surface area (Å²) in [7, 11) is 0. The minimum atomic E-state index is -1.01. The summed E-state index contributed by atoms with van der Waals surface area (Å²) in [4.78, 5) is 21.1. The Kier molecular flexibility index (Phi) is 4.92. The maximum atomic E-state index is 10.9. The number of nitro benzene ring substituents is 1. The molecule has 2 aromatic rings. The summed E-state index contributed by atoms with van der Waals surface area (Å²) in [6.45, 7) is 1.69. The fraction of sp³-hybridized carbons (Fsp3) is 0.0667. The van der Waals surface area contributed by atoms with Crippen LogP contribution in [-0.2, 0) is 0 Å². The molecule has 2 aromatic carbocycles. The van der Waals surface area contributed by atoms with Crippen LogP contribution in [0.15, 0.2) is 47.6 Å². The van der Waals surface area contributed by atoms with Gasteiger partial charge in [-0.2, -0.15) is 5.10 Å². The van der Waals surface area contributed by atoms with E-state index in [1.165, 1.54) is 24.3 Å². The number of aromatic carboxylic acids is 1. The van der Waals surface area contributed by atoms with Crippen LogP contribution >= 0.6 is 11.6 Å². The molecule has 0 heterocycles. The fourth-order valence-corrected chi connectivity index (χ4v) is 1.96. The molecular formula is C15H12ClN3O4. The van der Waals surface area contributed by atoms with Gasteiger partial charge in [0.25, 0.3) is 5.69 Å². The lowest BCUT2D eigenvalue weighted by molar-refractivity contribution is -0.384. The van der Waals surface area contributed by atoms with Crippen molar-refractivity contribution >= 4 is 34.7 Å². The Hall–Kier alpha value is -2.93. The van der Waals surface area contributed by atoms with Crippen molar-refractivity contribution in [2.45, 2.75) is 6.92 Å². The third kappa shape index (κ3) is 4.04. The molecular weight excluding hydrogens is 322 g/mol. The van der Waals surface area contributed by atoms with E-state index < -0.39 is 10.9 Å². The molecule has 0 spiro atoms. The van der Waals surface area contributed by atoms with E-state index in [1.807, 2.05) is 0 Å². The lowest BCUT2D eigenvalue weighted by Crippen LogP contribution is -2.01. The summed E-state index contributed by atoms with van der Waals surface area (Å²) < 4.78 is 0. The van der Waals surface area contributed by atoms with Crippen LogP contribution in [-0.4, -0.2) is 21.7 Å². The van der Waals surface area contributed by atoms with Gasteiger partial charge in [-0.15, -0.1) is 0 Å². The molecule has 0 unspecified atom stereocenters. The van der Waals surface area contributed by atoms with Gasteiger partial charge in [0.15, 0.2) is 0 Å². The molecule has 0 aliphatic rings. The van der Waals surface area contributed by atoms with Crippen LogP contribution in [0.2, 0.25) is 5.02 Å². The van der Waals surface area contributed by atoms with E-state index in [0.717, 1.165) is 0 Å². The van der Waals surface area contributed by atoms with Gasteiger partial charge >= 0.3 is 5.97 Å². The third-order valence-corrected chi connectivity index (χ3v) is 3.36. The zero-order chi connectivity index (χ0) is 17.0. The number of anilines is 1. The molecule has 8 heteroatoms. The second-order valence-corrected chi connectivity index (χ2v) is 5.02. The smallest absolute Gasteiger partial charge is 0.335 e. The highest BCUT2D eigenvalue weighted by Crippen LogP contribution is 2.25. The topological polar surface area (TPSA) is 105 Å². The number of hydrazone groups is 1. The number of rotatable bonds is 5. The maximum absolute atomic E-state index is 10.9. The molecule has 0 amide bonds. The van der Waals surface area contributed by atoms with Gasteiger partial charge in [-0.05, 0) is 37.3 Å². The highest BCUT2D eigenvalue weighted by atomic mass is 35.5. The van der Waals surface area contributed by atoms with E-state index in [4.69, 9.17) is 16.7 Å². The quantitative estimate of drug-likeness (QED) is 0.492. The van der Waals surface area contributed by atoms with E-state index >= 15 is 0 Å². The van der Waals surface area contributed by atoms with Gasteiger partial charge in [0.05, 0.1) is 21.9 Å². The SMILES string of the molecule is C/C(=N\Nc1ccc(C(=O)O)cc1)c1ccc(Cl)c([N+](=O)[O-])c1. The van der Waals surface area contributed by atoms with Crippen molar-refractivity contribution in [3.63, 3.8) is 0 Å². The average molecular weight is 334 g/mol. The van der Waals surface area contributed by atoms with Gasteiger partial charge in [0, 0.05) is 11.6 Å². The molecule has 0 aromatic heterocycles. The number of nitrogens with one attached hydrogen (secondary N) is 1. The van der Waals surface area contributed by atoms with Crippen LogP contribution in [0.3, 0.4) is 0 Å². The molecule has 0 saturated carbocycles. The van der Waals surface area contributed by atoms with Gasteiger partial charge in [0.2, 0.25) is 0 Å². The number of nitro groups is 1. The van der Waals surface area contributed by atoms with Crippen molar-refractivity contribution < 1.29 is 14.8 Å². The first kappa shape index (κ1) is 16.4. The average Bonchev–Trinajstić information content (AvgIpc) is 2.53. The standard InChI is InChI=1S/C15H12ClN3O4/c1-9(11-4-7-13(16)14(8-11)19(22)23)17-18-12-5-2-10(3-6-12)15(20)21/h2-8,18H,1H3,(H,20,21)/b17-9+. The van der Waals surface area contributed by atoms with Crippen molar-refractivity contribution in [2.24, 2.45) is 5.10 Å². The number of hydrogen-bond donors (Lipinski definition) is 2. The Labute approximate surface area is 136 Å². The van der Waals surface area contributed by atoms with Crippen LogP contribution in [0.4, 0.5) is 11.4 Å². The Morgan fingerprint density at radius 1 is 1.22 bits per heavy atom. The van der Waals surface area contributed by atoms with Crippen molar-refractivity contribution in [1.82, 2.24) is 0 Å². The van der Waals surface area contributed by atoms with Gasteiger partial charge in [0.1, 0.15) is 5.02 Å². The minimum absolute atomic E-state index is 0.0590. The minimum Gasteiger partial charge on any atom is -0.478 e. The highest BCUT2D eigenvalue weighted by Gasteiger charge is 2.13. The normalized spacial score (nSPS) is 11.1. The molecule has 0 aliphatic heterocycles. The molecule has 0 aliphatic carbocycles. The van der Waals surface area contributed by atoms with Crippen molar-refractivity contribution in [1.29, 1.82) is 0 Å². The van der Waals surface area contributed by atoms with E-state index in [0.29, 0.717) is 17.0 Å². The first-order chi connectivity index (χ1) is 10.9. The zero-order valence-electron chi connectivity index (χ0n) is 12.0. The molecule has 0 fully saturated rings. The van der Waals surface area contributed by atoms with Gasteiger partial charge in [-0.1, -0.05) is 17.7 Å². The number of halogens is 1. The molecule has 0 saturated heterocycles. The summed E-state index contributed by atoms with van der Waals surface area (Å²) in [6, 6.07) is 10.5. The molecule has 23 heavy (non-hydrogen) atoms. The second kappa shape index (κ2) is 6.89. The Morgan fingerprint density at radius 3 is 2.39 bits per heavy atom. The fourth-order valence-electron chi connectivity index (χ4n) is 1.78. The first-order valence-electron chi connectivity index (χ1n) is 6.46. The number of hydrogen-bond acceptors (Lipinski definition) is 5. The predicted octanol–water partition coefficient (Wildman–Crippen LogP) is 3.78. The van der Waals surface area contributed by atoms with Crippen LogP contribution in [0.1, 0.15) is 22.8 Å². The largest absolute Gasteiger partial charge is 0.478 e. The second-order valence-electron chi connectivity index (χ2n) is 4.61. The first-order valence-corrected chi connectivity index (χ1v) is 6.84. The maximum Gasteiger partial charge on any atom is 0.335 e. The lowest BCUT2D eigenvalue weighted by atomic mass is 10.1. The summed E-state index contributed by atoms with van der Waals surface area (Å²) in [6.07, 6.45) is 0. The molecule has 0 radical (unpaired) electrons. The van der Waals surface area contributed by atoms with Crippen molar-refractivity contribution in [3.05, 3.63) is 68.7 Å². The predicted molar refractivity (Wildman–Crippen MR) is 87.3 cm³/mol. The van der Waals surface area contributed by atoms with Crippen LogP contribution in [0, 0.1) is 10.1 Å². The van der Waals surface area contributed by atoms with Crippen LogP contribution < -0.4 is 5.43 Å². The van der Waals surface area contributed by atoms with Crippen LogP contribution in [0.5, 0.6) is 0 Å². The molecule has 2 rings (SSSR count). The van der Waals surface area contributed by atoms with Gasteiger partial charge < -0.3 is 5.11 Å². The third-order valence-electron chi connectivity index (χ3n) is 3.05. The number of benzene rings is 2. The van der Waals surface area contributed by atoms with Crippen molar-refractivity contribution in [3.8, 4) is 0 Å². The molecule has 7 nitrogen and oxygen atoms in total. The van der Waals surface area contributed by atoms with Crippen LogP contribution in [0.25, 0.3) is 0 Å². The monoisotopic (exact) mass is 333 g/mol. The van der Waals surface area contributed by atoms with Gasteiger partial charge in [-0.25, -0.2) is 4.79 Å². The highest BCUT2D eigenvalue weighted by molar-refractivity contribution is 6.32. The Morgan fingerprint density at radius 2 is 1.83 bits per heavy atom. The number of carbonyl (C=O) groups is 1. The number of nitrogens with zero attached hydrogens (tertiary/aromatic N) is 2. The van der Waals surface area contributed by atoms with E-state index in [-0.39, 0.29) is 16.3 Å². The molecule has 0 atom stereocenters. The summed E-state index contributed by atoms with van der Waals surface area (Å²) >= 11 is 5.76. The summed E-state index contributed by atoms with van der Waals surface area (Å²) in [5.74, 6) is -1.01.